The lowest BCUT2D eigenvalue weighted by Gasteiger charge is -2.29. The molecule has 0 aromatic heterocycles. The number of fused-ring (bicyclic) bond motifs is 1. The van der Waals surface area contributed by atoms with E-state index in [0.29, 0.717) is 12.0 Å². The van der Waals surface area contributed by atoms with Crippen molar-refractivity contribution in [2.75, 3.05) is 0 Å². The number of aliphatic imine (C=N–C) groups is 1. The van der Waals surface area contributed by atoms with Crippen LogP contribution in [0.5, 0.6) is 0 Å². The van der Waals surface area contributed by atoms with Gasteiger partial charge in [-0.3, -0.25) is 0 Å². The van der Waals surface area contributed by atoms with Crippen molar-refractivity contribution in [3.05, 3.63) is 34.9 Å². The standard InChI is InChI=1S/C16H14ClF6N3/c1-4-8(2)13-11-7-10(16(21,22)23)5-6-12(11)24-14(17)26(13)25-9(3)15(18,19)20/h5-7H,4H2,1-3H3. The number of amidine groups is 1. The van der Waals surface area contributed by atoms with E-state index < -0.39 is 23.6 Å². The number of allylic oxidation sites excluding steroid dienone is 1. The highest BCUT2D eigenvalue weighted by atomic mass is 35.5. The molecular formula is C16H14ClF6N3. The molecule has 0 amide bonds. The maximum atomic E-state index is 13.0. The lowest BCUT2D eigenvalue weighted by molar-refractivity contribution is -0.137. The summed E-state index contributed by atoms with van der Waals surface area (Å²) in [6, 6.07) is 2.80. The number of hydrazone groups is 1. The van der Waals surface area contributed by atoms with Gasteiger partial charge < -0.3 is 0 Å². The van der Waals surface area contributed by atoms with Gasteiger partial charge in [0.15, 0.2) is 0 Å². The second-order valence-electron chi connectivity index (χ2n) is 5.59. The van der Waals surface area contributed by atoms with Gasteiger partial charge in [0.25, 0.3) is 0 Å². The molecule has 0 N–H and O–H groups in total. The fourth-order valence-corrected chi connectivity index (χ4v) is 2.44. The number of nitrogens with zero attached hydrogens (tertiary/aromatic N) is 3. The molecular weight excluding hydrogens is 384 g/mol. The van der Waals surface area contributed by atoms with Gasteiger partial charge >= 0.3 is 12.4 Å². The predicted molar refractivity (Wildman–Crippen MR) is 88.3 cm³/mol. The Bertz CT molecular complexity index is 805. The first-order valence-corrected chi connectivity index (χ1v) is 7.82. The summed E-state index contributed by atoms with van der Waals surface area (Å²) >= 11 is 5.98. The van der Waals surface area contributed by atoms with E-state index >= 15 is 0 Å². The molecule has 0 saturated carbocycles. The molecule has 0 aliphatic carbocycles. The van der Waals surface area contributed by atoms with Crippen LogP contribution < -0.4 is 0 Å². The number of benzene rings is 1. The molecule has 142 valence electrons. The summed E-state index contributed by atoms with van der Waals surface area (Å²) < 4.78 is 77.7. The average Bonchev–Trinajstić information content (AvgIpc) is 2.52. The topological polar surface area (TPSA) is 28.0 Å². The Labute approximate surface area is 150 Å². The minimum absolute atomic E-state index is 0.0160. The Morgan fingerprint density at radius 1 is 1.15 bits per heavy atom. The normalized spacial score (nSPS) is 17.8. The van der Waals surface area contributed by atoms with E-state index in [1.807, 2.05) is 0 Å². The zero-order valence-electron chi connectivity index (χ0n) is 13.9. The van der Waals surface area contributed by atoms with Crippen molar-refractivity contribution in [3.8, 4) is 0 Å². The maximum absolute atomic E-state index is 13.0. The van der Waals surface area contributed by atoms with Crippen molar-refractivity contribution < 1.29 is 26.3 Å². The summed E-state index contributed by atoms with van der Waals surface area (Å²) in [5, 5.41) is 3.79. The van der Waals surface area contributed by atoms with E-state index in [0.717, 1.165) is 30.1 Å². The molecule has 26 heavy (non-hydrogen) atoms. The Hall–Kier alpha value is -2.03. The van der Waals surface area contributed by atoms with Crippen molar-refractivity contribution in [3.63, 3.8) is 0 Å². The molecule has 1 aromatic rings. The highest BCUT2D eigenvalue weighted by Gasteiger charge is 2.36. The Balaban J connectivity index is 2.73. The Morgan fingerprint density at radius 3 is 2.27 bits per heavy atom. The SMILES string of the molecule is CCC(C)=C1c2cc(C(F)(F)F)ccc2N=C(Cl)N1N=C(C)C(F)(F)F. The smallest absolute Gasteiger partial charge is 0.218 e. The molecule has 0 spiro atoms. The van der Waals surface area contributed by atoms with Gasteiger partial charge in [0.05, 0.1) is 16.9 Å². The molecule has 1 aliphatic heterocycles. The third-order valence-corrected chi connectivity index (χ3v) is 4.02. The average molecular weight is 398 g/mol. The van der Waals surface area contributed by atoms with Crippen LogP contribution in [0.15, 0.2) is 33.9 Å². The highest BCUT2D eigenvalue weighted by Crippen LogP contribution is 2.41. The number of hydrogen-bond acceptors (Lipinski definition) is 3. The van der Waals surface area contributed by atoms with Crippen LogP contribution in [0.4, 0.5) is 32.0 Å². The van der Waals surface area contributed by atoms with Gasteiger partial charge in [0.2, 0.25) is 5.29 Å². The fourth-order valence-electron chi connectivity index (χ4n) is 2.23. The van der Waals surface area contributed by atoms with Crippen LogP contribution in [0.3, 0.4) is 0 Å². The Kier molecular flexibility index (Phi) is 5.41. The number of halogens is 7. The number of hydrogen-bond donors (Lipinski definition) is 0. The Morgan fingerprint density at radius 2 is 1.77 bits per heavy atom. The van der Waals surface area contributed by atoms with Crippen molar-refractivity contribution >= 4 is 34.0 Å². The van der Waals surface area contributed by atoms with E-state index in [4.69, 9.17) is 11.6 Å². The molecule has 0 unspecified atom stereocenters. The third-order valence-electron chi connectivity index (χ3n) is 3.77. The van der Waals surface area contributed by atoms with Crippen LogP contribution in [-0.4, -0.2) is 22.2 Å². The first kappa shape index (κ1) is 20.3. The number of rotatable bonds is 2. The second-order valence-corrected chi connectivity index (χ2v) is 5.93. The van der Waals surface area contributed by atoms with Crippen LogP contribution in [0.2, 0.25) is 0 Å². The molecule has 2 rings (SSSR count). The lowest BCUT2D eigenvalue weighted by Crippen LogP contribution is -2.29. The molecule has 1 aliphatic rings. The van der Waals surface area contributed by atoms with Crippen molar-refractivity contribution in [1.82, 2.24) is 5.01 Å². The van der Waals surface area contributed by atoms with Crippen molar-refractivity contribution in [1.29, 1.82) is 0 Å². The zero-order chi connectivity index (χ0) is 19.9. The third kappa shape index (κ3) is 4.03. The van der Waals surface area contributed by atoms with Gasteiger partial charge in [0.1, 0.15) is 5.71 Å². The number of alkyl halides is 6. The van der Waals surface area contributed by atoms with Gasteiger partial charge in [-0.15, -0.1) is 0 Å². The largest absolute Gasteiger partial charge is 0.430 e. The van der Waals surface area contributed by atoms with Crippen molar-refractivity contribution in [2.45, 2.75) is 39.5 Å². The van der Waals surface area contributed by atoms with Gasteiger partial charge in [0, 0.05) is 5.56 Å². The molecule has 0 atom stereocenters. The monoisotopic (exact) mass is 397 g/mol. The van der Waals surface area contributed by atoms with E-state index in [-0.39, 0.29) is 22.2 Å². The molecule has 10 heteroatoms. The van der Waals surface area contributed by atoms with Crippen LogP contribution in [0.25, 0.3) is 5.70 Å². The summed E-state index contributed by atoms with van der Waals surface area (Å²) in [7, 11) is 0. The first-order valence-electron chi connectivity index (χ1n) is 7.44. The van der Waals surface area contributed by atoms with Crippen LogP contribution in [0.1, 0.15) is 38.3 Å². The zero-order valence-corrected chi connectivity index (χ0v) is 14.7. The first-order chi connectivity index (χ1) is 11.9. The van der Waals surface area contributed by atoms with E-state index in [2.05, 4.69) is 10.1 Å². The summed E-state index contributed by atoms with van der Waals surface area (Å²) in [6.45, 7) is 4.04. The van der Waals surface area contributed by atoms with E-state index in [9.17, 15) is 26.3 Å². The molecule has 0 radical (unpaired) electrons. The summed E-state index contributed by atoms with van der Waals surface area (Å²) in [5.41, 5.74) is -1.44. The molecule has 3 nitrogen and oxygen atoms in total. The van der Waals surface area contributed by atoms with Gasteiger partial charge in [-0.05, 0) is 55.6 Å². The molecule has 0 bridgehead atoms. The molecule has 1 aromatic carbocycles. The predicted octanol–water partition coefficient (Wildman–Crippen LogP) is 6.33. The highest BCUT2D eigenvalue weighted by molar-refractivity contribution is 6.65. The summed E-state index contributed by atoms with van der Waals surface area (Å²) in [4.78, 5) is 3.88. The van der Waals surface area contributed by atoms with Crippen LogP contribution in [-0.2, 0) is 6.18 Å². The van der Waals surface area contributed by atoms with Crippen LogP contribution in [0, 0.1) is 0 Å². The minimum Gasteiger partial charge on any atom is -0.218 e. The summed E-state index contributed by atoms with van der Waals surface area (Å²) in [5.74, 6) is 0. The summed E-state index contributed by atoms with van der Waals surface area (Å²) in [6.07, 6.45) is -8.95. The lowest BCUT2D eigenvalue weighted by atomic mass is 10.00. The molecule has 0 fully saturated rings. The minimum atomic E-state index is -4.71. The van der Waals surface area contributed by atoms with Gasteiger partial charge in [-0.2, -0.15) is 31.4 Å². The molecule has 1 heterocycles. The van der Waals surface area contributed by atoms with Gasteiger partial charge in [-0.25, -0.2) is 10.0 Å². The van der Waals surface area contributed by atoms with Gasteiger partial charge in [-0.1, -0.05) is 6.92 Å². The van der Waals surface area contributed by atoms with Crippen LogP contribution >= 0.6 is 11.6 Å². The molecule has 0 saturated heterocycles. The quantitative estimate of drug-likeness (QED) is 0.326. The van der Waals surface area contributed by atoms with E-state index in [1.54, 1.807) is 13.8 Å². The van der Waals surface area contributed by atoms with Crippen molar-refractivity contribution in [2.24, 2.45) is 10.1 Å². The second kappa shape index (κ2) is 6.94. The fraction of sp³-hybridized carbons (Fsp3) is 0.375. The van der Waals surface area contributed by atoms with E-state index in [1.165, 1.54) is 0 Å². The maximum Gasteiger partial charge on any atom is 0.430 e.